The summed E-state index contributed by atoms with van der Waals surface area (Å²) in [6.45, 7) is 4.24. The summed E-state index contributed by atoms with van der Waals surface area (Å²) >= 11 is 4.91. The lowest BCUT2D eigenvalue weighted by molar-refractivity contribution is -0.132. The fraction of sp³-hybridized carbons (Fsp3) is 0.385. The van der Waals surface area contributed by atoms with E-state index in [2.05, 4.69) is 26.2 Å². The highest BCUT2D eigenvalue weighted by atomic mass is 79.9. The zero-order valence-electron chi connectivity index (χ0n) is 10.8. The van der Waals surface area contributed by atoms with Gasteiger partial charge in [0.2, 0.25) is 0 Å². The van der Waals surface area contributed by atoms with Crippen LogP contribution in [0.5, 0.6) is 5.75 Å². The zero-order chi connectivity index (χ0) is 13.9. The number of rotatable bonds is 3. The number of thioether (sulfide) groups is 1. The van der Waals surface area contributed by atoms with Crippen molar-refractivity contribution in [3.05, 3.63) is 28.7 Å². The maximum atomic E-state index is 12.2. The van der Waals surface area contributed by atoms with Gasteiger partial charge < -0.3 is 10.1 Å². The summed E-state index contributed by atoms with van der Waals surface area (Å²) < 4.78 is 6.70. The summed E-state index contributed by atoms with van der Waals surface area (Å²) in [7, 11) is 0. The van der Waals surface area contributed by atoms with Gasteiger partial charge in [0.25, 0.3) is 5.91 Å². The Bertz CT molecular complexity index is 500. The molecule has 0 radical (unpaired) electrons. The van der Waals surface area contributed by atoms with Gasteiger partial charge in [-0.05, 0) is 38.1 Å². The van der Waals surface area contributed by atoms with Gasteiger partial charge in [-0.2, -0.15) is 0 Å². The lowest BCUT2D eigenvalue weighted by Gasteiger charge is -2.25. The molecule has 2 rings (SSSR count). The van der Waals surface area contributed by atoms with Gasteiger partial charge in [-0.3, -0.25) is 9.79 Å². The summed E-state index contributed by atoms with van der Waals surface area (Å²) in [5, 5.41) is 3.47. The van der Waals surface area contributed by atoms with Crippen molar-refractivity contribution in [1.82, 2.24) is 5.32 Å². The van der Waals surface area contributed by atoms with Crippen LogP contribution in [-0.4, -0.2) is 29.0 Å². The first-order valence-electron chi connectivity index (χ1n) is 5.91. The molecular weight excluding hydrogens is 328 g/mol. The fourth-order valence-electron chi connectivity index (χ4n) is 1.50. The SMILES string of the molecule is CC(C)(Oc1ccc(Br)cc1)C(=O)NC1=NCCS1. The van der Waals surface area contributed by atoms with E-state index in [-0.39, 0.29) is 5.91 Å². The lowest BCUT2D eigenvalue weighted by atomic mass is 10.1. The second-order valence-corrected chi connectivity index (χ2v) is 6.56. The Kier molecular flexibility index (Phi) is 4.52. The van der Waals surface area contributed by atoms with E-state index >= 15 is 0 Å². The Hall–Kier alpha value is -1.01. The molecule has 0 saturated heterocycles. The number of halogens is 1. The van der Waals surface area contributed by atoms with Crippen LogP contribution in [0.15, 0.2) is 33.7 Å². The van der Waals surface area contributed by atoms with Crippen molar-refractivity contribution in [2.24, 2.45) is 4.99 Å². The Labute approximate surface area is 125 Å². The molecule has 6 heteroatoms. The van der Waals surface area contributed by atoms with Gasteiger partial charge in [-0.1, -0.05) is 27.7 Å². The van der Waals surface area contributed by atoms with Crippen LogP contribution < -0.4 is 10.1 Å². The van der Waals surface area contributed by atoms with Crippen molar-refractivity contribution in [1.29, 1.82) is 0 Å². The van der Waals surface area contributed by atoms with Crippen LogP contribution >= 0.6 is 27.7 Å². The minimum absolute atomic E-state index is 0.191. The smallest absolute Gasteiger partial charge is 0.269 e. The molecule has 1 aromatic rings. The number of amides is 1. The number of aliphatic imine (C=N–C) groups is 1. The minimum Gasteiger partial charge on any atom is -0.478 e. The average molecular weight is 343 g/mol. The molecule has 1 aliphatic heterocycles. The Morgan fingerprint density at radius 3 is 2.68 bits per heavy atom. The number of nitrogens with one attached hydrogen (secondary N) is 1. The van der Waals surface area contributed by atoms with Gasteiger partial charge in [0.05, 0.1) is 6.54 Å². The summed E-state index contributed by atoms with van der Waals surface area (Å²) in [5.74, 6) is 1.39. The summed E-state index contributed by atoms with van der Waals surface area (Å²) in [4.78, 5) is 16.3. The first kappa shape index (κ1) is 14.4. The third kappa shape index (κ3) is 3.98. The third-order valence-electron chi connectivity index (χ3n) is 2.54. The molecule has 4 nitrogen and oxygen atoms in total. The van der Waals surface area contributed by atoms with Crippen molar-refractivity contribution < 1.29 is 9.53 Å². The summed E-state index contributed by atoms with van der Waals surface area (Å²) in [6, 6.07) is 7.39. The van der Waals surface area contributed by atoms with Crippen molar-refractivity contribution in [3.63, 3.8) is 0 Å². The van der Waals surface area contributed by atoms with Crippen LogP contribution in [0.1, 0.15) is 13.8 Å². The van der Waals surface area contributed by atoms with E-state index in [0.29, 0.717) is 10.9 Å². The van der Waals surface area contributed by atoms with Gasteiger partial charge in [0, 0.05) is 10.2 Å². The molecule has 1 aliphatic rings. The van der Waals surface area contributed by atoms with E-state index in [4.69, 9.17) is 4.74 Å². The Morgan fingerprint density at radius 1 is 1.42 bits per heavy atom. The first-order chi connectivity index (χ1) is 8.97. The van der Waals surface area contributed by atoms with Gasteiger partial charge in [-0.15, -0.1) is 0 Å². The standard InChI is InChI=1S/C13H15BrN2O2S/c1-13(2,11(17)16-12-15-7-8-19-12)18-10-5-3-9(14)4-6-10/h3-6H,7-8H2,1-2H3,(H,15,16,17). The monoisotopic (exact) mass is 342 g/mol. The van der Waals surface area contributed by atoms with Crippen LogP contribution in [-0.2, 0) is 4.79 Å². The molecule has 1 N–H and O–H groups in total. The molecule has 0 saturated carbocycles. The largest absolute Gasteiger partial charge is 0.478 e. The molecule has 1 heterocycles. The molecule has 0 bridgehead atoms. The van der Waals surface area contributed by atoms with Crippen LogP contribution in [0.4, 0.5) is 0 Å². The number of hydrogen-bond acceptors (Lipinski definition) is 4. The quantitative estimate of drug-likeness (QED) is 0.918. The fourth-order valence-corrected chi connectivity index (χ4v) is 2.49. The van der Waals surface area contributed by atoms with E-state index in [1.165, 1.54) is 0 Å². The molecular formula is C13H15BrN2O2S. The number of ether oxygens (including phenoxy) is 1. The van der Waals surface area contributed by atoms with Crippen LogP contribution in [0, 0.1) is 0 Å². The van der Waals surface area contributed by atoms with E-state index in [1.54, 1.807) is 25.6 Å². The predicted molar refractivity (Wildman–Crippen MR) is 81.8 cm³/mol. The maximum absolute atomic E-state index is 12.2. The van der Waals surface area contributed by atoms with Crippen molar-refractivity contribution in [3.8, 4) is 5.75 Å². The average Bonchev–Trinajstić information content (AvgIpc) is 2.84. The third-order valence-corrected chi connectivity index (χ3v) is 3.96. The normalized spacial score (nSPS) is 15.0. The van der Waals surface area contributed by atoms with Gasteiger partial charge in [0.1, 0.15) is 5.75 Å². The van der Waals surface area contributed by atoms with Gasteiger partial charge in [-0.25, -0.2) is 0 Å². The molecule has 1 aromatic carbocycles. The highest BCUT2D eigenvalue weighted by Gasteiger charge is 2.31. The maximum Gasteiger partial charge on any atom is 0.269 e. The molecule has 0 fully saturated rings. The number of benzene rings is 1. The van der Waals surface area contributed by atoms with Crippen molar-refractivity contribution >= 4 is 38.8 Å². The van der Waals surface area contributed by atoms with Crippen molar-refractivity contribution in [2.75, 3.05) is 12.3 Å². The molecule has 0 atom stereocenters. The predicted octanol–water partition coefficient (Wildman–Crippen LogP) is 2.83. The molecule has 0 aromatic heterocycles. The van der Waals surface area contributed by atoms with Crippen LogP contribution in [0.25, 0.3) is 0 Å². The molecule has 19 heavy (non-hydrogen) atoms. The summed E-state index contributed by atoms with van der Waals surface area (Å²) in [6.07, 6.45) is 0. The second kappa shape index (κ2) is 5.96. The molecule has 0 unspecified atom stereocenters. The molecule has 1 amide bonds. The first-order valence-corrected chi connectivity index (χ1v) is 7.68. The van der Waals surface area contributed by atoms with Gasteiger partial charge >= 0.3 is 0 Å². The number of carbonyl (C=O) groups is 1. The van der Waals surface area contributed by atoms with E-state index in [0.717, 1.165) is 16.8 Å². The Morgan fingerprint density at radius 2 is 2.11 bits per heavy atom. The van der Waals surface area contributed by atoms with Crippen molar-refractivity contribution in [2.45, 2.75) is 19.4 Å². The molecule has 0 spiro atoms. The molecule has 0 aliphatic carbocycles. The lowest BCUT2D eigenvalue weighted by Crippen LogP contribution is -2.47. The van der Waals surface area contributed by atoms with E-state index in [1.807, 2.05) is 24.3 Å². The van der Waals surface area contributed by atoms with Crippen LogP contribution in [0.2, 0.25) is 0 Å². The summed E-state index contributed by atoms with van der Waals surface area (Å²) in [5.41, 5.74) is -0.945. The van der Waals surface area contributed by atoms with Crippen LogP contribution in [0.3, 0.4) is 0 Å². The number of nitrogens with zero attached hydrogens (tertiary/aromatic N) is 1. The van der Waals surface area contributed by atoms with Gasteiger partial charge in [0.15, 0.2) is 10.8 Å². The highest BCUT2D eigenvalue weighted by molar-refractivity contribution is 9.10. The van der Waals surface area contributed by atoms with E-state index < -0.39 is 5.60 Å². The second-order valence-electron chi connectivity index (χ2n) is 4.56. The zero-order valence-corrected chi connectivity index (χ0v) is 13.2. The number of hydrogen-bond donors (Lipinski definition) is 1. The van der Waals surface area contributed by atoms with E-state index in [9.17, 15) is 4.79 Å². The number of carbonyl (C=O) groups excluding carboxylic acids is 1. The minimum atomic E-state index is -0.945. The topological polar surface area (TPSA) is 50.7 Å². The molecule has 102 valence electrons. The number of amidine groups is 1. The highest BCUT2D eigenvalue weighted by Crippen LogP contribution is 2.21. The Balaban J connectivity index is 2.00.